The molecule has 4 nitrogen and oxygen atoms in total. The van der Waals surface area contributed by atoms with E-state index in [1.807, 2.05) is 60.7 Å². The zero-order chi connectivity index (χ0) is 48.4. The molecule has 0 fully saturated rings. The number of hydrogen-bond donors (Lipinski definition) is 0. The maximum atomic E-state index is 9.77. The third-order valence-electron chi connectivity index (χ3n) is 13.0. The van der Waals surface area contributed by atoms with Crippen molar-refractivity contribution in [1.82, 2.24) is 0 Å². The monoisotopic (exact) mass is 770 g/mol. The van der Waals surface area contributed by atoms with Crippen LogP contribution in [-0.4, -0.2) is 5.91 Å². The van der Waals surface area contributed by atoms with Gasteiger partial charge in [-0.05, 0) is 117 Å². The maximum absolute atomic E-state index is 9.77. The van der Waals surface area contributed by atoms with Gasteiger partial charge in [0.05, 0.1) is 36.5 Å². The second-order valence-corrected chi connectivity index (χ2v) is 16.7. The summed E-state index contributed by atoms with van der Waals surface area (Å²) in [5.41, 5.74) is 10.7. The van der Waals surface area contributed by atoms with Gasteiger partial charge in [0.15, 0.2) is 0 Å². The van der Waals surface area contributed by atoms with Crippen molar-refractivity contribution in [2.24, 2.45) is 0 Å². The van der Waals surface area contributed by atoms with Crippen LogP contribution in [-0.2, 0) is 10.8 Å². The highest BCUT2D eigenvalue weighted by Crippen LogP contribution is 2.65. The molecule has 2 heterocycles. The number of benzene rings is 8. The van der Waals surface area contributed by atoms with Crippen molar-refractivity contribution in [1.29, 1.82) is 0 Å². The lowest BCUT2D eigenvalue weighted by Crippen LogP contribution is -2.70. The summed E-state index contributed by atoms with van der Waals surface area (Å²) in [5, 5.41) is 0. The van der Waals surface area contributed by atoms with Crippen LogP contribution in [0.5, 0.6) is 0 Å². The quantitative estimate of drug-likeness (QED) is 0.177. The molecule has 0 unspecified atom stereocenters. The molecule has 8 aromatic rings. The standard InChI is InChI=1S/C55H44N4/c1-53(2)45-25-13-11-23-41(45)43-33-31-39(35-47(43)53)58-51-29-17-18-30-52(51)59(40-32-34-44-42-24-12-14-26-46(42)54(3,4)48(44)36-40)55(58)56(37-19-7-5-8-20-37)49-27-15-16-28-50(49)57(55)38-21-9-6-10-22-38/h5-36H,1-4H3/i5D,6D,7D,8D,9D,10D,19D,20D,21D,22D. The zero-order valence-electron chi connectivity index (χ0n) is 43.0. The van der Waals surface area contributed by atoms with Gasteiger partial charge >= 0.3 is 0 Å². The van der Waals surface area contributed by atoms with E-state index < -0.39 is 77.2 Å². The Balaban J connectivity index is 1.28. The van der Waals surface area contributed by atoms with Crippen LogP contribution in [0.4, 0.5) is 45.5 Å². The third-order valence-corrected chi connectivity index (χ3v) is 13.0. The number of para-hydroxylation sites is 6. The van der Waals surface area contributed by atoms with Crippen LogP contribution in [0.25, 0.3) is 22.3 Å². The molecule has 284 valence electrons. The number of rotatable bonds is 4. The molecular formula is C55H44N4. The first kappa shape index (κ1) is 25.3. The van der Waals surface area contributed by atoms with E-state index >= 15 is 0 Å². The Labute approximate surface area is 360 Å². The Bertz CT molecular complexity index is 3300. The Kier molecular flexibility index (Phi) is 5.16. The van der Waals surface area contributed by atoms with Crippen molar-refractivity contribution in [3.63, 3.8) is 0 Å². The Hall–Kier alpha value is -7.04. The molecule has 8 aromatic carbocycles. The van der Waals surface area contributed by atoms with Crippen molar-refractivity contribution in [3.8, 4) is 22.3 Å². The van der Waals surface area contributed by atoms with Gasteiger partial charge in [-0.1, -0.05) is 149 Å². The van der Waals surface area contributed by atoms with Gasteiger partial charge in [0.1, 0.15) is 0 Å². The second kappa shape index (κ2) is 12.0. The van der Waals surface area contributed by atoms with Gasteiger partial charge < -0.3 is 0 Å². The van der Waals surface area contributed by atoms with Crippen LogP contribution in [0, 0.1) is 0 Å². The predicted molar refractivity (Wildman–Crippen MR) is 245 cm³/mol. The molecule has 0 atom stereocenters. The third kappa shape index (κ3) is 4.38. The van der Waals surface area contributed by atoms with E-state index in [9.17, 15) is 5.48 Å². The fourth-order valence-corrected chi connectivity index (χ4v) is 10.5. The van der Waals surface area contributed by atoms with E-state index in [-0.39, 0.29) is 11.4 Å². The Morgan fingerprint density at radius 3 is 1.05 bits per heavy atom. The molecule has 0 amide bonds. The molecule has 0 bridgehead atoms. The first-order valence-corrected chi connectivity index (χ1v) is 20.0. The van der Waals surface area contributed by atoms with Gasteiger partial charge in [0.25, 0.3) is 5.91 Å². The van der Waals surface area contributed by atoms with Crippen molar-refractivity contribution in [3.05, 3.63) is 216 Å². The van der Waals surface area contributed by atoms with E-state index in [4.69, 9.17) is 8.22 Å². The average Bonchev–Trinajstić information content (AvgIpc) is 3.98. The number of fused-ring (bicyclic) bond motifs is 8. The summed E-state index contributed by atoms with van der Waals surface area (Å²) < 4.78 is 93.2. The summed E-state index contributed by atoms with van der Waals surface area (Å²) in [5.74, 6) is -2.02. The fourth-order valence-electron chi connectivity index (χ4n) is 10.5. The minimum atomic E-state index is -2.02. The van der Waals surface area contributed by atoms with E-state index in [1.54, 1.807) is 34.1 Å². The Morgan fingerprint density at radius 2 is 0.661 bits per heavy atom. The smallest absolute Gasteiger partial charge is 0.280 e. The zero-order valence-corrected chi connectivity index (χ0v) is 33.0. The SMILES string of the molecule is [2H]c1c([2H])c([2H])c(N2c3ccccc3N(c3c([2H])c([2H])c([2H])c([2H])c3[2H])C23N(c2ccc4c(c2)C(C)(C)c2ccccc2-4)c2ccccc2N3c2ccc3c(c2)C(C)(C)c2ccccc2-3)c([2H])c1[2H]. The number of anilines is 8. The largest absolute Gasteiger partial charge is 0.295 e. The van der Waals surface area contributed by atoms with Crippen LogP contribution < -0.4 is 19.6 Å². The van der Waals surface area contributed by atoms with E-state index in [0.29, 0.717) is 34.1 Å². The van der Waals surface area contributed by atoms with Gasteiger partial charge in [0.2, 0.25) is 0 Å². The van der Waals surface area contributed by atoms with E-state index in [0.717, 1.165) is 44.5 Å². The predicted octanol–water partition coefficient (Wildman–Crippen LogP) is 14.2. The highest BCUT2D eigenvalue weighted by Gasteiger charge is 2.65. The summed E-state index contributed by atoms with van der Waals surface area (Å²) in [4.78, 5) is 7.56. The minimum Gasteiger partial charge on any atom is -0.280 e. The molecular weight excluding hydrogens is 717 g/mol. The fraction of sp³-hybridized carbons (Fsp3) is 0.127. The lowest BCUT2D eigenvalue weighted by molar-refractivity contribution is 0.479. The molecule has 0 N–H and O–H groups in total. The molecule has 0 aromatic heterocycles. The summed E-state index contributed by atoms with van der Waals surface area (Å²) in [7, 11) is 0. The van der Waals surface area contributed by atoms with Crippen molar-refractivity contribution < 1.29 is 13.7 Å². The van der Waals surface area contributed by atoms with Crippen molar-refractivity contribution in [2.75, 3.05) is 19.6 Å². The summed E-state index contributed by atoms with van der Waals surface area (Å²) in [6, 6.07) is 38.9. The number of hydrogen-bond acceptors (Lipinski definition) is 4. The van der Waals surface area contributed by atoms with Crippen LogP contribution in [0.15, 0.2) is 194 Å². The van der Waals surface area contributed by atoms with Gasteiger partial charge in [-0.15, -0.1) is 0 Å². The first-order valence-electron chi connectivity index (χ1n) is 25.0. The molecule has 12 rings (SSSR count). The van der Waals surface area contributed by atoms with Gasteiger partial charge in [-0.2, -0.15) is 0 Å². The molecule has 1 spiro atoms. The first-order chi connectivity index (χ1) is 32.9. The molecule has 0 saturated carbocycles. The lowest BCUT2D eigenvalue weighted by Gasteiger charge is -2.53. The highest BCUT2D eigenvalue weighted by molar-refractivity contribution is 6.03. The van der Waals surface area contributed by atoms with Crippen molar-refractivity contribution >= 4 is 45.5 Å². The molecule has 2 aliphatic carbocycles. The highest BCUT2D eigenvalue weighted by atomic mass is 15.8. The average molecular weight is 771 g/mol. The number of nitrogens with zero attached hydrogens (tertiary/aromatic N) is 4. The molecule has 4 heteroatoms. The van der Waals surface area contributed by atoms with Crippen LogP contribution in [0.2, 0.25) is 0 Å². The molecule has 4 aliphatic rings. The van der Waals surface area contributed by atoms with E-state index in [1.165, 1.54) is 0 Å². The summed E-state index contributed by atoms with van der Waals surface area (Å²) >= 11 is 0. The molecule has 0 saturated heterocycles. The Morgan fingerprint density at radius 1 is 0.339 bits per heavy atom. The molecule has 2 aliphatic heterocycles. The minimum absolute atomic E-state index is 0.172. The molecule has 59 heavy (non-hydrogen) atoms. The topological polar surface area (TPSA) is 13.0 Å². The summed E-state index contributed by atoms with van der Waals surface area (Å²) in [6.07, 6.45) is 0. The van der Waals surface area contributed by atoms with Crippen LogP contribution in [0.1, 0.15) is 63.7 Å². The summed E-state index contributed by atoms with van der Waals surface area (Å²) in [6.45, 7) is 8.76. The van der Waals surface area contributed by atoms with E-state index in [2.05, 4.69) is 86.0 Å². The van der Waals surface area contributed by atoms with Crippen LogP contribution in [0.3, 0.4) is 0 Å². The normalized spacial score (nSPS) is 19.1. The second-order valence-electron chi connectivity index (χ2n) is 16.7. The molecule has 0 radical (unpaired) electrons. The van der Waals surface area contributed by atoms with Crippen molar-refractivity contribution in [2.45, 2.75) is 44.4 Å². The van der Waals surface area contributed by atoms with Gasteiger partial charge in [0, 0.05) is 33.6 Å². The van der Waals surface area contributed by atoms with Gasteiger partial charge in [-0.3, -0.25) is 19.6 Å². The van der Waals surface area contributed by atoms with Gasteiger partial charge in [-0.25, -0.2) is 0 Å². The lowest BCUT2D eigenvalue weighted by atomic mass is 9.82. The van der Waals surface area contributed by atoms with Crippen LogP contribution >= 0.6 is 0 Å². The maximum Gasteiger partial charge on any atom is 0.295 e.